The van der Waals surface area contributed by atoms with Crippen LogP contribution in [0.4, 0.5) is 23.7 Å². The molecule has 13 heteroatoms. The maximum absolute atomic E-state index is 14.8. The van der Waals surface area contributed by atoms with Crippen LogP contribution in [0.1, 0.15) is 28.4 Å². The summed E-state index contributed by atoms with van der Waals surface area (Å²) in [6.07, 6.45) is 1.09. The topological polar surface area (TPSA) is 158 Å². The molecule has 1 aliphatic rings. The van der Waals surface area contributed by atoms with Crippen LogP contribution in [-0.2, 0) is 12.1 Å². The normalized spacial score (nSPS) is 18.5. The van der Waals surface area contributed by atoms with Crippen molar-refractivity contribution in [1.29, 1.82) is 0 Å². The largest absolute Gasteiger partial charge is 0.482 e. The predicted molar refractivity (Wildman–Crippen MR) is 116 cm³/mol. The van der Waals surface area contributed by atoms with Gasteiger partial charge in [-0.3, -0.25) is 4.79 Å². The lowest BCUT2D eigenvalue weighted by Crippen LogP contribution is -2.56. The van der Waals surface area contributed by atoms with Crippen molar-refractivity contribution in [2.45, 2.75) is 31.0 Å². The van der Waals surface area contributed by atoms with E-state index >= 15 is 0 Å². The first-order valence-electron chi connectivity index (χ1n) is 10.4. The number of amides is 3. The quantitative estimate of drug-likeness (QED) is 0.359. The zero-order valence-electron chi connectivity index (χ0n) is 18.1. The minimum absolute atomic E-state index is 0.00272. The van der Waals surface area contributed by atoms with Crippen molar-refractivity contribution in [2.24, 2.45) is 17.4 Å². The fourth-order valence-electron chi connectivity index (χ4n) is 3.82. The lowest BCUT2D eigenvalue weighted by atomic mass is 9.84. The number of hydrogen-bond acceptors (Lipinski definition) is 7. The van der Waals surface area contributed by atoms with Crippen LogP contribution in [0.3, 0.4) is 0 Å². The van der Waals surface area contributed by atoms with E-state index in [1.807, 2.05) is 5.32 Å². The Balaban J connectivity index is 1.53. The number of nitrogens with two attached hydrogens (primary N) is 2. The van der Waals surface area contributed by atoms with E-state index in [9.17, 15) is 22.8 Å². The molecule has 2 heterocycles. The van der Waals surface area contributed by atoms with Gasteiger partial charge in [-0.05, 0) is 36.8 Å². The van der Waals surface area contributed by atoms with E-state index in [1.165, 1.54) is 36.9 Å². The van der Waals surface area contributed by atoms with E-state index in [2.05, 4.69) is 15.3 Å². The first kappa shape index (κ1) is 24.0. The van der Waals surface area contributed by atoms with Crippen LogP contribution in [-0.4, -0.2) is 34.4 Å². The molecule has 0 aliphatic heterocycles. The Morgan fingerprint density at radius 2 is 2.03 bits per heavy atom. The minimum Gasteiger partial charge on any atom is -0.482 e. The number of oxazole rings is 1. The van der Waals surface area contributed by atoms with Crippen LogP contribution < -0.4 is 26.8 Å². The molecular weight excluding hydrogens is 469 g/mol. The Hall–Kier alpha value is -4.13. The van der Waals surface area contributed by atoms with Crippen LogP contribution >= 0.6 is 0 Å². The van der Waals surface area contributed by atoms with Crippen LogP contribution in [0.25, 0.3) is 0 Å². The van der Waals surface area contributed by atoms with Crippen LogP contribution in [0.2, 0.25) is 0 Å². The second kappa shape index (κ2) is 9.62. The van der Waals surface area contributed by atoms with E-state index in [1.54, 1.807) is 0 Å². The van der Waals surface area contributed by atoms with Gasteiger partial charge in [0.15, 0.2) is 6.61 Å². The van der Waals surface area contributed by atoms with Gasteiger partial charge in [0.2, 0.25) is 5.89 Å². The van der Waals surface area contributed by atoms with Crippen LogP contribution in [0.15, 0.2) is 53.4 Å². The summed E-state index contributed by atoms with van der Waals surface area (Å²) < 4.78 is 53.8. The highest BCUT2D eigenvalue weighted by molar-refractivity contribution is 6.02. The molecular formula is C22H21F3N6O4. The van der Waals surface area contributed by atoms with Gasteiger partial charge in [0.25, 0.3) is 12.3 Å². The SMILES string of the molecule is NC(=O)N[C@@](c1cc(NC(=O)c2ccc(OCc3ncco3)cn2)ccc1F)(C(F)F)[C@H]1C[C@H]1N. The summed E-state index contributed by atoms with van der Waals surface area (Å²) in [7, 11) is 0. The molecule has 2 aromatic heterocycles. The highest BCUT2D eigenvalue weighted by Crippen LogP contribution is 2.49. The van der Waals surface area contributed by atoms with Crippen molar-refractivity contribution in [3.63, 3.8) is 0 Å². The van der Waals surface area contributed by atoms with E-state index in [0.717, 1.165) is 12.1 Å². The van der Waals surface area contributed by atoms with Crippen molar-refractivity contribution in [2.75, 3.05) is 5.32 Å². The number of carbonyl (C=O) groups is 2. The molecule has 3 amide bonds. The number of primary amides is 1. The number of urea groups is 1. The zero-order chi connectivity index (χ0) is 25.2. The molecule has 0 unspecified atom stereocenters. The number of anilines is 1. The maximum Gasteiger partial charge on any atom is 0.313 e. The second-order valence-corrected chi connectivity index (χ2v) is 7.91. The molecule has 3 atom stereocenters. The summed E-state index contributed by atoms with van der Waals surface area (Å²) in [5.41, 5.74) is 7.89. The number of halogens is 3. The van der Waals surface area contributed by atoms with Gasteiger partial charge in [-0.25, -0.2) is 27.9 Å². The van der Waals surface area contributed by atoms with Gasteiger partial charge in [0.05, 0.1) is 12.4 Å². The van der Waals surface area contributed by atoms with Crippen LogP contribution in [0.5, 0.6) is 5.75 Å². The summed E-state index contributed by atoms with van der Waals surface area (Å²) in [5.74, 6) is -1.93. The van der Waals surface area contributed by atoms with Crippen molar-refractivity contribution >= 4 is 17.6 Å². The Bertz CT molecular complexity index is 1210. The number of nitrogens with one attached hydrogen (secondary N) is 2. The number of carbonyl (C=O) groups excluding carboxylic acids is 2. The van der Waals surface area contributed by atoms with E-state index in [0.29, 0.717) is 11.6 Å². The highest BCUT2D eigenvalue weighted by Gasteiger charge is 2.59. The van der Waals surface area contributed by atoms with Gasteiger partial charge in [-0.2, -0.15) is 0 Å². The molecule has 1 saturated carbocycles. The number of alkyl halides is 2. The Morgan fingerprint density at radius 3 is 2.60 bits per heavy atom. The summed E-state index contributed by atoms with van der Waals surface area (Å²) in [5, 5.41) is 4.48. The number of pyridine rings is 1. The average molecular weight is 490 g/mol. The number of aromatic nitrogens is 2. The Labute approximate surface area is 196 Å². The molecule has 1 fully saturated rings. The van der Waals surface area contributed by atoms with Gasteiger partial charge >= 0.3 is 6.03 Å². The molecule has 10 nitrogen and oxygen atoms in total. The van der Waals surface area contributed by atoms with Crippen molar-refractivity contribution in [3.05, 3.63) is 72.0 Å². The molecule has 184 valence electrons. The maximum atomic E-state index is 14.8. The van der Waals surface area contributed by atoms with Crippen molar-refractivity contribution in [1.82, 2.24) is 15.3 Å². The second-order valence-electron chi connectivity index (χ2n) is 7.91. The summed E-state index contributed by atoms with van der Waals surface area (Å²) in [6.45, 7) is 0.0639. The molecule has 0 radical (unpaired) electrons. The Morgan fingerprint density at radius 1 is 1.26 bits per heavy atom. The predicted octanol–water partition coefficient (Wildman–Crippen LogP) is 2.52. The molecule has 1 aromatic carbocycles. The number of rotatable bonds is 9. The van der Waals surface area contributed by atoms with E-state index in [4.69, 9.17) is 20.6 Å². The van der Waals surface area contributed by atoms with E-state index < -0.39 is 47.2 Å². The summed E-state index contributed by atoms with van der Waals surface area (Å²) >= 11 is 0. The molecule has 35 heavy (non-hydrogen) atoms. The van der Waals surface area contributed by atoms with Gasteiger partial charge < -0.3 is 31.3 Å². The summed E-state index contributed by atoms with van der Waals surface area (Å²) in [6, 6.07) is 4.06. The van der Waals surface area contributed by atoms with Crippen LogP contribution in [0, 0.1) is 11.7 Å². The molecule has 0 bridgehead atoms. The number of hydrogen-bond donors (Lipinski definition) is 4. The van der Waals surface area contributed by atoms with Crippen molar-refractivity contribution in [3.8, 4) is 5.75 Å². The fourth-order valence-corrected chi connectivity index (χ4v) is 3.82. The minimum atomic E-state index is -3.22. The van der Waals surface area contributed by atoms with E-state index in [-0.39, 0.29) is 24.4 Å². The highest BCUT2D eigenvalue weighted by atomic mass is 19.3. The monoisotopic (exact) mass is 490 g/mol. The first-order valence-corrected chi connectivity index (χ1v) is 10.4. The fraction of sp³-hybridized carbons (Fsp3) is 0.273. The third-order valence-corrected chi connectivity index (χ3v) is 5.58. The summed E-state index contributed by atoms with van der Waals surface area (Å²) in [4.78, 5) is 32.1. The third kappa shape index (κ3) is 5.04. The molecule has 0 saturated heterocycles. The zero-order valence-corrected chi connectivity index (χ0v) is 18.1. The molecule has 6 N–H and O–H groups in total. The van der Waals surface area contributed by atoms with Gasteiger partial charge in [0, 0.05) is 23.2 Å². The Kier molecular flexibility index (Phi) is 6.60. The lowest BCUT2D eigenvalue weighted by Gasteiger charge is -2.35. The number of nitrogens with zero attached hydrogens (tertiary/aromatic N) is 2. The van der Waals surface area contributed by atoms with Gasteiger partial charge in [0.1, 0.15) is 29.1 Å². The molecule has 4 rings (SSSR count). The van der Waals surface area contributed by atoms with Gasteiger partial charge in [-0.1, -0.05) is 0 Å². The van der Waals surface area contributed by atoms with Crippen molar-refractivity contribution < 1.29 is 31.9 Å². The molecule has 0 spiro atoms. The third-order valence-electron chi connectivity index (χ3n) is 5.58. The number of ether oxygens (including phenoxy) is 1. The average Bonchev–Trinajstić information content (AvgIpc) is 3.32. The first-order chi connectivity index (χ1) is 16.7. The smallest absolute Gasteiger partial charge is 0.313 e. The number of benzene rings is 1. The molecule has 3 aromatic rings. The molecule has 1 aliphatic carbocycles. The standard InChI is InChI=1S/C22H21F3N6O4/c23-15-3-1-11(7-13(15)22(20(24)25,31-21(27)33)14-8-16(14)26)30-19(32)17-4-2-12(9-29-17)35-10-18-28-5-6-34-18/h1-7,9,14,16,20H,8,10,26H2,(H,30,32)(H3,27,31,33)/t14-,16+,22+/m0/s1. The lowest BCUT2D eigenvalue weighted by molar-refractivity contribution is 0.0171. The van der Waals surface area contributed by atoms with Gasteiger partial charge in [-0.15, -0.1) is 0 Å².